The minimum atomic E-state index is -0.599. The van der Waals surface area contributed by atoms with Crippen molar-refractivity contribution in [2.24, 2.45) is 0 Å². The molecule has 0 saturated heterocycles. The van der Waals surface area contributed by atoms with Gasteiger partial charge in [-0.1, -0.05) is 47.8 Å². The van der Waals surface area contributed by atoms with Crippen molar-refractivity contribution >= 4 is 34.8 Å². The SMILES string of the molecule is CC[C@@H](Oc1ccc(C)cc1)C(=O)Nc1cc(Cl)ccc1Cl. The van der Waals surface area contributed by atoms with Crippen molar-refractivity contribution in [2.75, 3.05) is 5.32 Å². The van der Waals surface area contributed by atoms with Crippen LogP contribution in [0.25, 0.3) is 0 Å². The standard InChI is InChI=1S/C17H17Cl2NO2/c1-3-16(22-13-7-4-11(2)5-8-13)17(21)20-15-10-12(18)6-9-14(15)19/h4-10,16H,3H2,1-2H3,(H,20,21)/t16-/m1/s1. The first kappa shape index (κ1) is 16.7. The van der Waals surface area contributed by atoms with Crippen LogP contribution in [0, 0.1) is 6.92 Å². The molecule has 5 heteroatoms. The van der Waals surface area contributed by atoms with E-state index in [1.165, 1.54) is 0 Å². The Morgan fingerprint density at radius 3 is 2.50 bits per heavy atom. The molecule has 2 rings (SSSR count). The summed E-state index contributed by atoms with van der Waals surface area (Å²) in [4.78, 5) is 12.3. The number of amides is 1. The number of rotatable bonds is 5. The van der Waals surface area contributed by atoms with Gasteiger partial charge in [0, 0.05) is 5.02 Å². The molecule has 3 nitrogen and oxygen atoms in total. The molecule has 0 spiro atoms. The van der Waals surface area contributed by atoms with Crippen LogP contribution in [0.4, 0.5) is 5.69 Å². The van der Waals surface area contributed by atoms with Gasteiger partial charge in [0.2, 0.25) is 0 Å². The summed E-state index contributed by atoms with van der Waals surface area (Å²) in [5.41, 5.74) is 1.61. The van der Waals surface area contributed by atoms with Crippen LogP contribution >= 0.6 is 23.2 Å². The van der Waals surface area contributed by atoms with Gasteiger partial charge in [-0.05, 0) is 43.7 Å². The third kappa shape index (κ3) is 4.39. The summed E-state index contributed by atoms with van der Waals surface area (Å²) >= 11 is 12.0. The zero-order valence-corrected chi connectivity index (χ0v) is 13.9. The number of nitrogens with one attached hydrogen (secondary N) is 1. The van der Waals surface area contributed by atoms with Gasteiger partial charge in [-0.25, -0.2) is 0 Å². The zero-order chi connectivity index (χ0) is 16.1. The number of hydrogen-bond acceptors (Lipinski definition) is 2. The average molecular weight is 338 g/mol. The summed E-state index contributed by atoms with van der Waals surface area (Å²) in [6, 6.07) is 12.5. The van der Waals surface area contributed by atoms with Crippen molar-refractivity contribution in [1.29, 1.82) is 0 Å². The molecule has 1 amide bonds. The summed E-state index contributed by atoms with van der Waals surface area (Å²) in [7, 11) is 0. The molecule has 0 aliphatic rings. The van der Waals surface area contributed by atoms with E-state index in [9.17, 15) is 4.79 Å². The lowest BCUT2D eigenvalue weighted by Gasteiger charge is -2.18. The highest BCUT2D eigenvalue weighted by atomic mass is 35.5. The number of aryl methyl sites for hydroxylation is 1. The molecule has 0 saturated carbocycles. The zero-order valence-electron chi connectivity index (χ0n) is 12.4. The molecule has 0 aliphatic carbocycles. The molecule has 0 bridgehead atoms. The molecule has 0 radical (unpaired) electrons. The molecular formula is C17H17Cl2NO2. The van der Waals surface area contributed by atoms with E-state index >= 15 is 0 Å². The minimum Gasteiger partial charge on any atom is -0.481 e. The maximum atomic E-state index is 12.3. The van der Waals surface area contributed by atoms with Crippen LogP contribution in [0.5, 0.6) is 5.75 Å². The van der Waals surface area contributed by atoms with Gasteiger partial charge in [-0.15, -0.1) is 0 Å². The summed E-state index contributed by atoms with van der Waals surface area (Å²) in [6.45, 7) is 3.88. The monoisotopic (exact) mass is 337 g/mol. The molecule has 1 atom stereocenters. The first-order valence-electron chi connectivity index (χ1n) is 6.99. The van der Waals surface area contributed by atoms with Crippen LogP contribution < -0.4 is 10.1 Å². The lowest BCUT2D eigenvalue weighted by atomic mass is 10.2. The van der Waals surface area contributed by atoms with Crippen LogP contribution in [0.1, 0.15) is 18.9 Å². The fourth-order valence-corrected chi connectivity index (χ4v) is 2.25. The van der Waals surface area contributed by atoms with Crippen LogP contribution in [0.3, 0.4) is 0 Å². The highest BCUT2D eigenvalue weighted by molar-refractivity contribution is 6.35. The number of ether oxygens (including phenoxy) is 1. The van der Waals surface area contributed by atoms with Gasteiger partial charge in [0.25, 0.3) is 5.91 Å². The van der Waals surface area contributed by atoms with Gasteiger partial charge in [-0.2, -0.15) is 0 Å². The first-order chi connectivity index (χ1) is 10.5. The summed E-state index contributed by atoms with van der Waals surface area (Å²) in [5, 5.41) is 3.69. The molecule has 1 N–H and O–H groups in total. The highest BCUT2D eigenvalue weighted by Crippen LogP contribution is 2.26. The Morgan fingerprint density at radius 2 is 1.86 bits per heavy atom. The molecule has 2 aromatic rings. The molecule has 0 aliphatic heterocycles. The number of carbonyl (C=O) groups excluding carboxylic acids is 1. The quantitative estimate of drug-likeness (QED) is 0.824. The van der Waals surface area contributed by atoms with Crippen LogP contribution in [-0.2, 0) is 4.79 Å². The van der Waals surface area contributed by atoms with E-state index in [1.807, 2.05) is 38.1 Å². The summed E-state index contributed by atoms with van der Waals surface area (Å²) < 4.78 is 5.73. The highest BCUT2D eigenvalue weighted by Gasteiger charge is 2.19. The van der Waals surface area contributed by atoms with Crippen LogP contribution in [-0.4, -0.2) is 12.0 Å². The van der Waals surface area contributed by atoms with Crippen molar-refractivity contribution in [3.63, 3.8) is 0 Å². The van der Waals surface area contributed by atoms with Crippen molar-refractivity contribution in [2.45, 2.75) is 26.4 Å². The largest absolute Gasteiger partial charge is 0.481 e. The summed E-state index contributed by atoms with van der Waals surface area (Å²) in [5.74, 6) is 0.400. The van der Waals surface area contributed by atoms with E-state index in [4.69, 9.17) is 27.9 Å². The van der Waals surface area contributed by atoms with Crippen molar-refractivity contribution in [1.82, 2.24) is 0 Å². The fourth-order valence-electron chi connectivity index (χ4n) is 1.91. The van der Waals surface area contributed by atoms with E-state index in [1.54, 1.807) is 18.2 Å². The number of anilines is 1. The Kier molecular flexibility index (Phi) is 5.69. The van der Waals surface area contributed by atoms with Crippen molar-refractivity contribution in [3.8, 4) is 5.75 Å². The van der Waals surface area contributed by atoms with E-state index in [2.05, 4.69) is 5.32 Å². The Hall–Kier alpha value is -1.71. The van der Waals surface area contributed by atoms with E-state index in [0.29, 0.717) is 27.9 Å². The average Bonchev–Trinajstić information content (AvgIpc) is 2.50. The Bertz CT molecular complexity index is 656. The lowest BCUT2D eigenvalue weighted by molar-refractivity contribution is -0.122. The summed E-state index contributed by atoms with van der Waals surface area (Å²) in [6.07, 6.45) is -0.0597. The van der Waals surface area contributed by atoms with Gasteiger partial charge in [0.05, 0.1) is 10.7 Å². The van der Waals surface area contributed by atoms with Crippen molar-refractivity contribution < 1.29 is 9.53 Å². The molecule has 2 aromatic carbocycles. The minimum absolute atomic E-state index is 0.257. The molecule has 0 aromatic heterocycles. The lowest BCUT2D eigenvalue weighted by Crippen LogP contribution is -2.32. The predicted octanol–water partition coefficient (Wildman–Crippen LogP) is 5.10. The maximum Gasteiger partial charge on any atom is 0.265 e. The van der Waals surface area contributed by atoms with E-state index in [-0.39, 0.29) is 5.91 Å². The normalized spacial score (nSPS) is 11.8. The van der Waals surface area contributed by atoms with Crippen molar-refractivity contribution in [3.05, 3.63) is 58.1 Å². The van der Waals surface area contributed by atoms with Gasteiger partial charge in [0.15, 0.2) is 6.10 Å². The second kappa shape index (κ2) is 7.52. The number of carbonyl (C=O) groups is 1. The van der Waals surface area contributed by atoms with E-state index < -0.39 is 6.10 Å². The second-order valence-corrected chi connectivity index (χ2v) is 5.78. The molecule has 22 heavy (non-hydrogen) atoms. The number of benzene rings is 2. The topological polar surface area (TPSA) is 38.3 Å². The van der Waals surface area contributed by atoms with E-state index in [0.717, 1.165) is 5.56 Å². The smallest absolute Gasteiger partial charge is 0.265 e. The molecule has 116 valence electrons. The third-order valence-corrected chi connectivity index (χ3v) is 3.71. The maximum absolute atomic E-state index is 12.3. The molecule has 0 unspecified atom stereocenters. The van der Waals surface area contributed by atoms with Crippen LogP contribution in [0.2, 0.25) is 10.0 Å². The predicted molar refractivity (Wildman–Crippen MR) is 91.0 cm³/mol. The Balaban J connectivity index is 2.08. The van der Waals surface area contributed by atoms with Gasteiger partial charge >= 0.3 is 0 Å². The number of hydrogen-bond donors (Lipinski definition) is 1. The first-order valence-corrected chi connectivity index (χ1v) is 7.74. The van der Waals surface area contributed by atoms with Gasteiger partial charge in [-0.3, -0.25) is 4.79 Å². The van der Waals surface area contributed by atoms with Crippen LogP contribution in [0.15, 0.2) is 42.5 Å². The second-order valence-electron chi connectivity index (χ2n) is 4.94. The fraction of sp³-hybridized carbons (Fsp3) is 0.235. The Morgan fingerprint density at radius 1 is 1.18 bits per heavy atom. The third-order valence-electron chi connectivity index (χ3n) is 3.15. The van der Waals surface area contributed by atoms with Gasteiger partial charge < -0.3 is 10.1 Å². The molecule has 0 fully saturated rings. The van der Waals surface area contributed by atoms with Gasteiger partial charge in [0.1, 0.15) is 5.75 Å². The Labute approximate surface area is 140 Å². The number of halogens is 2. The molecule has 0 heterocycles. The molecular weight excluding hydrogens is 321 g/mol.